The van der Waals surface area contributed by atoms with E-state index in [-0.39, 0.29) is 11.8 Å². The number of nitrogens with one attached hydrogen (secondary N) is 2. The molecule has 0 aliphatic carbocycles. The van der Waals surface area contributed by atoms with E-state index in [1.165, 1.54) is 0 Å². The summed E-state index contributed by atoms with van der Waals surface area (Å²) in [4.78, 5) is 11.7. The number of amides is 1. The Morgan fingerprint density at radius 2 is 2.24 bits per heavy atom. The molecular formula is C12H21N3O2. The Bertz CT molecular complexity index is 360. The molecule has 17 heavy (non-hydrogen) atoms. The zero-order valence-corrected chi connectivity index (χ0v) is 10.9. The Morgan fingerprint density at radius 1 is 1.53 bits per heavy atom. The molecule has 5 nitrogen and oxygen atoms in total. The molecule has 0 aliphatic rings. The molecule has 1 amide bonds. The van der Waals surface area contributed by atoms with Crippen molar-refractivity contribution in [1.82, 2.24) is 10.2 Å². The minimum atomic E-state index is -0.0312. The van der Waals surface area contributed by atoms with Crippen LogP contribution in [0, 0.1) is 5.92 Å². The second-order valence-corrected chi connectivity index (χ2v) is 4.68. The van der Waals surface area contributed by atoms with Crippen LogP contribution in [0.25, 0.3) is 0 Å². The van der Waals surface area contributed by atoms with Gasteiger partial charge >= 0.3 is 0 Å². The molecule has 0 spiro atoms. The zero-order chi connectivity index (χ0) is 12.8. The van der Waals surface area contributed by atoms with Gasteiger partial charge in [0.25, 0.3) is 0 Å². The summed E-state index contributed by atoms with van der Waals surface area (Å²) in [5, 5.41) is 9.71. The van der Waals surface area contributed by atoms with Crippen molar-refractivity contribution in [3.63, 3.8) is 0 Å². The Kier molecular flexibility index (Phi) is 5.15. The van der Waals surface area contributed by atoms with Crippen molar-refractivity contribution in [2.24, 2.45) is 5.92 Å². The Balaban J connectivity index is 2.44. The van der Waals surface area contributed by atoms with Crippen molar-refractivity contribution in [2.75, 3.05) is 19.0 Å². The number of nitrogens with zero attached hydrogens (tertiary/aromatic N) is 1. The van der Waals surface area contributed by atoms with Gasteiger partial charge in [-0.25, -0.2) is 0 Å². The van der Waals surface area contributed by atoms with Crippen LogP contribution in [0.15, 0.2) is 6.07 Å². The van der Waals surface area contributed by atoms with Crippen LogP contribution in [0.5, 0.6) is 0 Å². The minimum Gasteiger partial charge on any atom is -0.384 e. The standard InChI is InChI=1S/C12H21N3O2/c1-8(2)10-6-11(15-14-10)13-12(16)5-9(3)7-17-4/h6,8-9H,5,7H2,1-4H3,(H2,13,14,15,16). The highest BCUT2D eigenvalue weighted by molar-refractivity contribution is 5.89. The lowest BCUT2D eigenvalue weighted by molar-refractivity contribution is -0.117. The van der Waals surface area contributed by atoms with Gasteiger partial charge in [0.2, 0.25) is 5.91 Å². The van der Waals surface area contributed by atoms with Crippen LogP contribution in [0.3, 0.4) is 0 Å². The average Bonchev–Trinajstić information content (AvgIpc) is 2.66. The molecule has 0 radical (unpaired) electrons. The third-order valence-electron chi connectivity index (χ3n) is 2.47. The molecule has 0 fully saturated rings. The quantitative estimate of drug-likeness (QED) is 0.799. The first kappa shape index (κ1) is 13.7. The summed E-state index contributed by atoms with van der Waals surface area (Å²) in [5.74, 6) is 1.14. The van der Waals surface area contributed by atoms with Gasteiger partial charge in [0.15, 0.2) is 5.82 Å². The Hall–Kier alpha value is -1.36. The van der Waals surface area contributed by atoms with Crippen molar-refractivity contribution in [2.45, 2.75) is 33.1 Å². The SMILES string of the molecule is COCC(C)CC(=O)Nc1cc(C(C)C)[nH]n1. The van der Waals surface area contributed by atoms with Crippen LogP contribution in [0.4, 0.5) is 5.82 Å². The van der Waals surface area contributed by atoms with Crippen molar-refractivity contribution in [3.8, 4) is 0 Å². The molecule has 0 aromatic carbocycles. The van der Waals surface area contributed by atoms with E-state index in [9.17, 15) is 4.79 Å². The summed E-state index contributed by atoms with van der Waals surface area (Å²) >= 11 is 0. The summed E-state index contributed by atoms with van der Waals surface area (Å²) in [6.45, 7) is 6.71. The molecule has 1 aromatic rings. The number of hydrogen-bond donors (Lipinski definition) is 2. The van der Waals surface area contributed by atoms with Gasteiger partial charge in [0.1, 0.15) is 0 Å². The predicted molar refractivity (Wildman–Crippen MR) is 67.0 cm³/mol. The number of anilines is 1. The first-order valence-corrected chi connectivity index (χ1v) is 5.87. The van der Waals surface area contributed by atoms with Gasteiger partial charge in [-0.05, 0) is 11.8 Å². The number of carbonyl (C=O) groups excluding carboxylic acids is 1. The molecule has 5 heteroatoms. The number of methoxy groups -OCH3 is 1. The number of H-pyrrole nitrogens is 1. The van der Waals surface area contributed by atoms with Crippen molar-refractivity contribution < 1.29 is 9.53 Å². The van der Waals surface area contributed by atoms with Gasteiger partial charge in [-0.15, -0.1) is 0 Å². The van der Waals surface area contributed by atoms with Gasteiger partial charge < -0.3 is 10.1 Å². The molecule has 96 valence electrons. The van der Waals surface area contributed by atoms with Gasteiger partial charge in [-0.1, -0.05) is 20.8 Å². The molecule has 1 aromatic heterocycles. The highest BCUT2D eigenvalue weighted by Gasteiger charge is 2.11. The van der Waals surface area contributed by atoms with E-state index in [2.05, 4.69) is 29.4 Å². The Morgan fingerprint density at radius 3 is 2.76 bits per heavy atom. The summed E-state index contributed by atoms with van der Waals surface area (Å²) in [5.41, 5.74) is 1.02. The normalized spacial score (nSPS) is 12.8. The summed E-state index contributed by atoms with van der Waals surface area (Å²) in [7, 11) is 1.64. The second-order valence-electron chi connectivity index (χ2n) is 4.68. The molecule has 0 saturated heterocycles. The summed E-state index contributed by atoms with van der Waals surface area (Å²) in [6, 6.07) is 1.86. The summed E-state index contributed by atoms with van der Waals surface area (Å²) in [6.07, 6.45) is 0.442. The van der Waals surface area contributed by atoms with Crippen molar-refractivity contribution >= 4 is 11.7 Å². The van der Waals surface area contributed by atoms with Gasteiger partial charge in [0, 0.05) is 31.9 Å². The fourth-order valence-electron chi connectivity index (χ4n) is 1.55. The number of rotatable bonds is 6. The maximum atomic E-state index is 11.7. The van der Waals surface area contributed by atoms with E-state index in [1.54, 1.807) is 7.11 Å². The molecule has 0 bridgehead atoms. The molecule has 0 saturated carbocycles. The highest BCUT2D eigenvalue weighted by Crippen LogP contribution is 2.15. The first-order valence-electron chi connectivity index (χ1n) is 5.87. The largest absolute Gasteiger partial charge is 0.384 e. The minimum absolute atomic E-state index is 0.0312. The molecule has 0 aliphatic heterocycles. The van der Waals surface area contributed by atoms with Crippen LogP contribution in [-0.4, -0.2) is 29.8 Å². The highest BCUT2D eigenvalue weighted by atomic mass is 16.5. The number of aromatic nitrogens is 2. The van der Waals surface area contributed by atoms with Crippen LogP contribution in [-0.2, 0) is 9.53 Å². The maximum Gasteiger partial charge on any atom is 0.225 e. The van der Waals surface area contributed by atoms with Gasteiger partial charge in [0.05, 0.1) is 0 Å². The monoisotopic (exact) mass is 239 g/mol. The lowest BCUT2D eigenvalue weighted by Gasteiger charge is -2.08. The predicted octanol–water partition coefficient (Wildman–Crippen LogP) is 2.14. The van der Waals surface area contributed by atoms with Crippen LogP contribution in [0.2, 0.25) is 0 Å². The number of ether oxygens (including phenoxy) is 1. The van der Waals surface area contributed by atoms with E-state index in [0.717, 1.165) is 5.69 Å². The molecule has 1 heterocycles. The fourth-order valence-corrected chi connectivity index (χ4v) is 1.55. The van der Waals surface area contributed by atoms with E-state index in [4.69, 9.17) is 4.74 Å². The van der Waals surface area contributed by atoms with E-state index in [1.807, 2.05) is 13.0 Å². The second kappa shape index (κ2) is 6.39. The number of aromatic amines is 1. The van der Waals surface area contributed by atoms with E-state index in [0.29, 0.717) is 24.8 Å². The molecule has 1 rings (SSSR count). The van der Waals surface area contributed by atoms with Gasteiger partial charge in [-0.2, -0.15) is 5.10 Å². The maximum absolute atomic E-state index is 11.7. The molecular weight excluding hydrogens is 218 g/mol. The lowest BCUT2D eigenvalue weighted by Crippen LogP contribution is -2.17. The topological polar surface area (TPSA) is 67.0 Å². The molecule has 1 unspecified atom stereocenters. The lowest BCUT2D eigenvalue weighted by atomic mass is 10.1. The van der Waals surface area contributed by atoms with Crippen LogP contribution < -0.4 is 5.32 Å². The van der Waals surface area contributed by atoms with E-state index < -0.39 is 0 Å². The summed E-state index contributed by atoms with van der Waals surface area (Å²) < 4.78 is 4.99. The number of hydrogen-bond acceptors (Lipinski definition) is 3. The third-order valence-corrected chi connectivity index (χ3v) is 2.47. The van der Waals surface area contributed by atoms with E-state index >= 15 is 0 Å². The van der Waals surface area contributed by atoms with Crippen molar-refractivity contribution in [1.29, 1.82) is 0 Å². The third kappa shape index (κ3) is 4.56. The van der Waals surface area contributed by atoms with Crippen LogP contribution in [0.1, 0.15) is 38.8 Å². The zero-order valence-electron chi connectivity index (χ0n) is 10.9. The number of carbonyl (C=O) groups is 1. The fraction of sp³-hybridized carbons (Fsp3) is 0.667. The average molecular weight is 239 g/mol. The molecule has 1 atom stereocenters. The Labute approximate surface area is 102 Å². The van der Waals surface area contributed by atoms with Crippen LogP contribution >= 0.6 is 0 Å². The molecule has 2 N–H and O–H groups in total. The smallest absolute Gasteiger partial charge is 0.225 e. The van der Waals surface area contributed by atoms with Gasteiger partial charge in [-0.3, -0.25) is 9.89 Å². The van der Waals surface area contributed by atoms with Crippen molar-refractivity contribution in [3.05, 3.63) is 11.8 Å². The first-order chi connectivity index (χ1) is 8.02.